The number of ketones is 1. The van der Waals surface area contributed by atoms with Gasteiger partial charge in [-0.25, -0.2) is 0 Å². The van der Waals surface area contributed by atoms with Crippen molar-refractivity contribution in [1.29, 1.82) is 0 Å². The first-order valence-corrected chi connectivity index (χ1v) is 6.15. The molecule has 0 spiro atoms. The average Bonchev–Trinajstić information content (AvgIpc) is 2.23. The Balaban J connectivity index is 4.69. The van der Waals surface area contributed by atoms with Crippen LogP contribution in [0.4, 0.5) is 0 Å². The lowest BCUT2D eigenvalue weighted by molar-refractivity contribution is -0.132. The number of rotatable bonds is 6. The van der Waals surface area contributed by atoms with E-state index >= 15 is 0 Å². The van der Waals surface area contributed by atoms with Crippen molar-refractivity contribution >= 4 is 11.7 Å². The first kappa shape index (κ1) is 15.1. The van der Waals surface area contributed by atoms with E-state index in [2.05, 4.69) is 5.32 Å². The standard InChI is InChI=1S/C13H25NO2/c1-7-10(6)11(12(15)8(2)3)14-13(16)9(4)5/h8-11H,7H2,1-6H3,(H,14,16)/i13+1,15+2,16+2. The summed E-state index contributed by atoms with van der Waals surface area (Å²) in [4.78, 5) is 23.6. The Morgan fingerprint density at radius 2 is 1.50 bits per heavy atom. The second-order valence-electron chi connectivity index (χ2n) is 5.08. The van der Waals surface area contributed by atoms with Crippen LogP contribution < -0.4 is 5.32 Å². The van der Waals surface area contributed by atoms with Gasteiger partial charge in [0.1, 0.15) is 0 Å². The number of carbonyl (C=O) groups excluding carboxylic acids is 2. The monoisotopic (exact) mass is 232 g/mol. The number of hydrogen-bond acceptors (Lipinski definition) is 2. The summed E-state index contributed by atoms with van der Waals surface area (Å²) in [5.74, 6) is 0.165. The minimum atomic E-state index is -0.333. The van der Waals surface area contributed by atoms with E-state index in [0.29, 0.717) is 0 Å². The van der Waals surface area contributed by atoms with E-state index < -0.39 is 0 Å². The molecule has 0 aliphatic rings. The second-order valence-corrected chi connectivity index (χ2v) is 5.08. The third kappa shape index (κ3) is 4.33. The van der Waals surface area contributed by atoms with Crippen molar-refractivity contribution < 1.29 is 9.59 Å². The van der Waals surface area contributed by atoms with Gasteiger partial charge in [-0.3, -0.25) is 9.59 Å². The van der Waals surface area contributed by atoms with Crippen LogP contribution in [0.2, 0.25) is 0 Å². The summed E-state index contributed by atoms with van der Waals surface area (Å²) in [6.07, 6.45) is 0.890. The molecule has 2 unspecified atom stereocenters. The average molecular weight is 232 g/mol. The molecule has 94 valence electrons. The van der Waals surface area contributed by atoms with Gasteiger partial charge in [-0.15, -0.1) is 0 Å². The lowest BCUT2D eigenvalue weighted by Gasteiger charge is -2.25. The molecule has 2 atom stereocenters. The number of amides is 1. The molecule has 3 nitrogen and oxygen atoms in total. The molecular weight excluding hydrogens is 207 g/mol. The van der Waals surface area contributed by atoms with Crippen molar-refractivity contribution in [2.45, 2.75) is 54.0 Å². The molecule has 0 fully saturated rings. The van der Waals surface area contributed by atoms with Crippen LogP contribution in [0.5, 0.6) is 0 Å². The van der Waals surface area contributed by atoms with Crippen LogP contribution in [-0.4, -0.2) is 17.7 Å². The summed E-state index contributed by atoms with van der Waals surface area (Å²) in [7, 11) is 0. The molecule has 1 amide bonds. The first-order valence-electron chi connectivity index (χ1n) is 6.15. The van der Waals surface area contributed by atoms with Gasteiger partial charge < -0.3 is 5.32 Å². The first-order chi connectivity index (χ1) is 7.31. The predicted octanol–water partition coefficient (Wildman–Crippen LogP) is 2.40. The van der Waals surface area contributed by atoms with Gasteiger partial charge in [0.05, 0.1) is 6.04 Å². The van der Waals surface area contributed by atoms with Crippen molar-refractivity contribution in [3.05, 3.63) is 0 Å². The van der Waals surface area contributed by atoms with Crippen molar-refractivity contribution in [2.24, 2.45) is 17.8 Å². The molecule has 0 heterocycles. The number of carbonyl (C=O) groups is 2. The highest BCUT2D eigenvalue weighted by Gasteiger charge is 2.27. The normalized spacial score (nSPS) is 15.0. The van der Waals surface area contributed by atoms with E-state index in [4.69, 9.17) is 0 Å². The maximum atomic E-state index is 12.0. The Kier molecular flexibility index (Phi) is 6.31. The van der Waals surface area contributed by atoms with E-state index in [1.54, 1.807) is 0 Å². The molecule has 0 aromatic carbocycles. The van der Waals surface area contributed by atoms with Gasteiger partial charge in [-0.1, -0.05) is 48.0 Å². The largest absolute Gasteiger partial charge is 0.346 e. The van der Waals surface area contributed by atoms with Gasteiger partial charge in [0.15, 0.2) is 5.78 Å². The van der Waals surface area contributed by atoms with E-state index in [1.807, 2.05) is 41.5 Å². The highest BCUT2D eigenvalue weighted by atomic mass is 18.1. The summed E-state index contributed by atoms with van der Waals surface area (Å²) in [5, 5.41) is 2.86. The maximum Gasteiger partial charge on any atom is 0.223 e. The summed E-state index contributed by atoms with van der Waals surface area (Å²) in [6.45, 7) is 11.5. The van der Waals surface area contributed by atoms with Gasteiger partial charge in [0.25, 0.3) is 0 Å². The SMILES string of the molecule is CCC(C)C(N[13C](=[18O])C(C)C)C(=[18O])C(C)C. The quantitative estimate of drug-likeness (QED) is 0.564. The number of Topliss-reactive ketones (excluding diaryl/α,β-unsaturated/α-hetero) is 1. The van der Waals surface area contributed by atoms with Crippen LogP contribution in [0.25, 0.3) is 0 Å². The second kappa shape index (κ2) is 6.66. The van der Waals surface area contributed by atoms with Gasteiger partial charge in [0, 0.05) is 11.8 Å². The zero-order valence-corrected chi connectivity index (χ0v) is 11.3. The van der Waals surface area contributed by atoms with Crippen molar-refractivity contribution in [1.82, 2.24) is 5.32 Å². The molecule has 0 aromatic heterocycles. The van der Waals surface area contributed by atoms with Gasteiger partial charge >= 0.3 is 0 Å². The predicted molar refractivity (Wildman–Crippen MR) is 66.1 cm³/mol. The van der Waals surface area contributed by atoms with Crippen molar-refractivity contribution in [2.75, 3.05) is 0 Å². The molecule has 16 heavy (non-hydrogen) atoms. The van der Waals surface area contributed by atoms with Crippen LogP contribution in [-0.2, 0) is 9.59 Å². The van der Waals surface area contributed by atoms with E-state index in [-0.39, 0.29) is 35.5 Å². The van der Waals surface area contributed by atoms with Gasteiger partial charge in [0.2, 0.25) is 5.91 Å². The Hall–Kier alpha value is -0.860. The van der Waals surface area contributed by atoms with Crippen LogP contribution >= 0.6 is 0 Å². The zero-order valence-electron chi connectivity index (χ0n) is 11.3. The summed E-state index contributed by atoms with van der Waals surface area (Å²) < 4.78 is 0. The van der Waals surface area contributed by atoms with Crippen LogP contribution in [0.15, 0.2) is 0 Å². The number of hydrogen-bond donors (Lipinski definition) is 1. The minimum Gasteiger partial charge on any atom is -0.346 e. The molecule has 0 aliphatic heterocycles. The van der Waals surface area contributed by atoms with Crippen molar-refractivity contribution in [3.8, 4) is 0 Å². The molecule has 0 aliphatic carbocycles. The molecule has 3 heteroatoms. The molecular formula is C13H25NO2. The molecule has 0 radical (unpaired) electrons. The minimum absolute atomic E-state index is 0.0357. The van der Waals surface area contributed by atoms with Crippen molar-refractivity contribution in [3.63, 3.8) is 0 Å². The molecule has 0 saturated heterocycles. The highest BCUT2D eigenvalue weighted by molar-refractivity contribution is 5.90. The summed E-state index contributed by atoms with van der Waals surface area (Å²) >= 11 is 0. The van der Waals surface area contributed by atoms with Crippen LogP contribution in [0, 0.1) is 17.8 Å². The topological polar surface area (TPSA) is 46.2 Å². The molecule has 0 saturated carbocycles. The molecule has 1 N–H and O–H groups in total. The van der Waals surface area contributed by atoms with Crippen LogP contribution in [0.3, 0.4) is 0 Å². The Labute approximate surface area is 99.0 Å². The Morgan fingerprint density at radius 1 is 1.00 bits per heavy atom. The fourth-order valence-corrected chi connectivity index (χ4v) is 1.41. The molecule has 0 aromatic rings. The Morgan fingerprint density at radius 3 is 1.81 bits per heavy atom. The fourth-order valence-electron chi connectivity index (χ4n) is 1.41. The lowest BCUT2D eigenvalue weighted by Crippen LogP contribution is -2.48. The lowest BCUT2D eigenvalue weighted by atomic mass is 9.91. The highest BCUT2D eigenvalue weighted by Crippen LogP contribution is 2.13. The fraction of sp³-hybridized carbons (Fsp3) is 0.846. The zero-order chi connectivity index (χ0) is 12.9. The van der Waals surface area contributed by atoms with E-state index in [1.165, 1.54) is 0 Å². The summed E-state index contributed by atoms with van der Waals surface area (Å²) in [5.41, 5.74) is 0. The number of nitrogens with one attached hydrogen (secondary N) is 1. The van der Waals surface area contributed by atoms with Gasteiger partial charge in [-0.05, 0) is 5.92 Å². The maximum absolute atomic E-state index is 12.0. The molecule has 0 bridgehead atoms. The van der Waals surface area contributed by atoms with Crippen LogP contribution in [0.1, 0.15) is 48.0 Å². The third-order valence-corrected chi connectivity index (χ3v) is 2.91. The molecule has 0 rings (SSSR count). The third-order valence-electron chi connectivity index (χ3n) is 2.91. The van der Waals surface area contributed by atoms with E-state index in [0.717, 1.165) is 6.42 Å². The Bertz CT molecular complexity index is 246. The van der Waals surface area contributed by atoms with Gasteiger partial charge in [-0.2, -0.15) is 0 Å². The summed E-state index contributed by atoms with van der Waals surface area (Å²) in [6, 6.07) is -0.333. The smallest absolute Gasteiger partial charge is 0.223 e. The van der Waals surface area contributed by atoms with E-state index in [9.17, 15) is 9.59 Å².